The molecule has 0 aromatic heterocycles. The minimum absolute atomic E-state index is 0.346. The molecule has 0 saturated heterocycles. The van der Waals surface area contributed by atoms with Crippen LogP contribution in [0, 0.1) is 21.7 Å². The van der Waals surface area contributed by atoms with E-state index in [1.807, 2.05) is 0 Å². The third-order valence-electron chi connectivity index (χ3n) is 2.69. The lowest BCUT2D eigenvalue weighted by Crippen LogP contribution is -2.08. The molecule has 0 bridgehead atoms. The number of nitrogens with one attached hydrogen (secondary N) is 1. The van der Waals surface area contributed by atoms with Gasteiger partial charge in [-0.25, -0.2) is 8.78 Å². The van der Waals surface area contributed by atoms with Crippen LogP contribution in [-0.4, -0.2) is 38.4 Å². The van der Waals surface area contributed by atoms with Crippen molar-refractivity contribution in [3.63, 3.8) is 0 Å². The van der Waals surface area contributed by atoms with Crippen LogP contribution in [-0.2, 0) is 9.47 Å². The Kier molecular flexibility index (Phi) is 7.55. The Hall–Kier alpha value is -1.80. The Bertz CT molecular complexity index is 448. The summed E-state index contributed by atoms with van der Waals surface area (Å²) in [6, 6.07) is 1.39. The number of ether oxygens (including phenoxy) is 2. The minimum Gasteiger partial charge on any atom is -0.382 e. The molecule has 0 saturated carbocycles. The van der Waals surface area contributed by atoms with Gasteiger partial charge in [0.05, 0.1) is 30.3 Å². The lowest BCUT2D eigenvalue weighted by Gasteiger charge is -2.09. The molecule has 0 amide bonds. The van der Waals surface area contributed by atoms with Crippen molar-refractivity contribution < 1.29 is 23.2 Å². The van der Waals surface area contributed by atoms with Crippen molar-refractivity contribution >= 4 is 11.4 Å². The first-order valence-corrected chi connectivity index (χ1v) is 6.50. The number of nitro benzene ring substituents is 1. The van der Waals surface area contributed by atoms with E-state index < -0.39 is 22.2 Å². The lowest BCUT2D eigenvalue weighted by atomic mass is 10.2. The van der Waals surface area contributed by atoms with E-state index in [4.69, 9.17) is 9.47 Å². The molecule has 1 N–H and O–H groups in total. The fraction of sp³-hybridized carbons (Fsp3) is 0.538. The average molecular weight is 304 g/mol. The van der Waals surface area contributed by atoms with Crippen molar-refractivity contribution in [2.24, 2.45) is 0 Å². The maximum atomic E-state index is 13.5. The van der Waals surface area contributed by atoms with E-state index in [0.717, 1.165) is 6.42 Å². The molecular weight excluding hydrogens is 286 g/mol. The van der Waals surface area contributed by atoms with Gasteiger partial charge in [-0.2, -0.15) is 0 Å². The van der Waals surface area contributed by atoms with Crippen molar-refractivity contribution in [2.45, 2.75) is 12.8 Å². The third-order valence-corrected chi connectivity index (χ3v) is 2.69. The van der Waals surface area contributed by atoms with Gasteiger partial charge in [-0.15, -0.1) is 0 Å². The maximum absolute atomic E-state index is 13.5. The molecule has 0 spiro atoms. The summed E-state index contributed by atoms with van der Waals surface area (Å²) in [5.41, 5.74) is -0.956. The molecule has 0 heterocycles. The molecule has 8 heteroatoms. The number of unbranched alkanes of at least 4 members (excludes halogenated alkanes) is 1. The number of methoxy groups -OCH3 is 1. The molecule has 0 aliphatic carbocycles. The molecule has 118 valence electrons. The van der Waals surface area contributed by atoms with Crippen LogP contribution in [0.5, 0.6) is 0 Å². The molecule has 1 rings (SSSR count). The molecular formula is C13H18F2N2O4. The molecule has 1 aromatic carbocycles. The van der Waals surface area contributed by atoms with Gasteiger partial charge >= 0.3 is 0 Å². The first kappa shape index (κ1) is 17.3. The topological polar surface area (TPSA) is 73.6 Å². The first-order chi connectivity index (χ1) is 10.1. The van der Waals surface area contributed by atoms with Crippen LogP contribution < -0.4 is 5.32 Å². The highest BCUT2D eigenvalue weighted by Crippen LogP contribution is 2.24. The average Bonchev–Trinajstić information content (AvgIpc) is 2.43. The highest BCUT2D eigenvalue weighted by molar-refractivity contribution is 5.51. The third kappa shape index (κ3) is 6.01. The van der Waals surface area contributed by atoms with Crippen LogP contribution in [0.3, 0.4) is 0 Å². The van der Waals surface area contributed by atoms with Crippen LogP contribution in [0.4, 0.5) is 20.2 Å². The van der Waals surface area contributed by atoms with E-state index in [9.17, 15) is 18.9 Å². The van der Waals surface area contributed by atoms with Crippen LogP contribution in [0.1, 0.15) is 12.8 Å². The van der Waals surface area contributed by atoms with Gasteiger partial charge in [0, 0.05) is 20.3 Å². The monoisotopic (exact) mass is 304 g/mol. The zero-order valence-corrected chi connectivity index (χ0v) is 11.7. The standard InChI is InChI=1S/C13H18F2N2O4/c1-20-6-7-21-5-3-2-4-16-13-11(14)8-10(17(18)19)9-12(13)15/h8-9,16H,2-7H2,1H3. The highest BCUT2D eigenvalue weighted by atomic mass is 19.1. The van der Waals surface area contributed by atoms with E-state index in [2.05, 4.69) is 5.32 Å². The van der Waals surface area contributed by atoms with Crippen LogP contribution in [0.2, 0.25) is 0 Å². The fourth-order valence-electron chi connectivity index (χ4n) is 1.62. The molecule has 0 radical (unpaired) electrons. The Labute approximate surface area is 121 Å². The van der Waals surface area contributed by atoms with Gasteiger partial charge in [0.25, 0.3) is 5.69 Å². The summed E-state index contributed by atoms with van der Waals surface area (Å²) in [6.07, 6.45) is 1.38. The van der Waals surface area contributed by atoms with Crippen molar-refractivity contribution in [1.82, 2.24) is 0 Å². The van der Waals surface area contributed by atoms with E-state index in [1.165, 1.54) is 0 Å². The number of rotatable bonds is 10. The maximum Gasteiger partial charge on any atom is 0.275 e. The number of benzene rings is 1. The van der Waals surface area contributed by atoms with Crippen LogP contribution in [0.25, 0.3) is 0 Å². The zero-order valence-electron chi connectivity index (χ0n) is 11.7. The predicted octanol–water partition coefficient (Wildman–Crippen LogP) is 2.73. The molecule has 0 aliphatic rings. The summed E-state index contributed by atoms with van der Waals surface area (Å²) < 4.78 is 37.1. The molecule has 0 fully saturated rings. The summed E-state index contributed by atoms with van der Waals surface area (Å²) in [7, 11) is 1.58. The Balaban J connectivity index is 2.34. The fourth-order valence-corrected chi connectivity index (χ4v) is 1.62. The lowest BCUT2D eigenvalue weighted by molar-refractivity contribution is -0.385. The molecule has 0 aliphatic heterocycles. The molecule has 1 aromatic rings. The van der Waals surface area contributed by atoms with Crippen molar-refractivity contribution in [3.05, 3.63) is 33.9 Å². The summed E-state index contributed by atoms with van der Waals surface area (Å²) in [5, 5.41) is 13.0. The van der Waals surface area contributed by atoms with E-state index in [-0.39, 0.29) is 5.69 Å². The Morgan fingerprint density at radius 3 is 2.43 bits per heavy atom. The van der Waals surface area contributed by atoms with Gasteiger partial charge in [-0.1, -0.05) is 0 Å². The molecule has 21 heavy (non-hydrogen) atoms. The van der Waals surface area contributed by atoms with Crippen molar-refractivity contribution in [3.8, 4) is 0 Å². The number of anilines is 1. The first-order valence-electron chi connectivity index (χ1n) is 6.50. The number of hydrogen-bond acceptors (Lipinski definition) is 5. The van der Waals surface area contributed by atoms with Gasteiger partial charge in [-0.05, 0) is 12.8 Å². The van der Waals surface area contributed by atoms with Gasteiger partial charge in [0.15, 0.2) is 11.6 Å². The molecule has 6 nitrogen and oxygen atoms in total. The summed E-state index contributed by atoms with van der Waals surface area (Å²) >= 11 is 0. The number of non-ortho nitro benzene ring substituents is 1. The number of hydrogen-bond donors (Lipinski definition) is 1. The van der Waals surface area contributed by atoms with E-state index >= 15 is 0 Å². The second-order valence-electron chi connectivity index (χ2n) is 4.28. The predicted molar refractivity (Wildman–Crippen MR) is 73.4 cm³/mol. The second kappa shape index (κ2) is 9.19. The number of nitro groups is 1. The van der Waals surface area contributed by atoms with Crippen molar-refractivity contribution in [1.29, 1.82) is 0 Å². The van der Waals surface area contributed by atoms with Crippen LogP contribution >= 0.6 is 0 Å². The number of halogens is 2. The van der Waals surface area contributed by atoms with Crippen molar-refractivity contribution in [2.75, 3.05) is 38.8 Å². The Morgan fingerprint density at radius 1 is 1.19 bits per heavy atom. The van der Waals surface area contributed by atoms with Gasteiger partial charge in [0.1, 0.15) is 5.69 Å². The minimum atomic E-state index is -0.974. The second-order valence-corrected chi connectivity index (χ2v) is 4.28. The summed E-state index contributed by atoms with van der Waals surface area (Å²) in [6.45, 7) is 1.92. The SMILES string of the molecule is COCCOCCCCNc1c(F)cc([N+](=O)[O-])cc1F. The highest BCUT2D eigenvalue weighted by Gasteiger charge is 2.16. The van der Waals surface area contributed by atoms with Crippen LogP contribution in [0.15, 0.2) is 12.1 Å². The normalized spacial score (nSPS) is 10.6. The smallest absolute Gasteiger partial charge is 0.275 e. The number of nitrogens with zero attached hydrogens (tertiary/aromatic N) is 1. The zero-order chi connectivity index (χ0) is 15.7. The van der Waals surface area contributed by atoms with Gasteiger partial charge in [-0.3, -0.25) is 10.1 Å². The van der Waals surface area contributed by atoms with E-state index in [0.29, 0.717) is 44.9 Å². The quantitative estimate of drug-likeness (QED) is 0.409. The van der Waals surface area contributed by atoms with E-state index in [1.54, 1.807) is 7.11 Å². The Morgan fingerprint density at radius 2 is 1.86 bits per heavy atom. The molecule has 0 unspecified atom stereocenters. The van der Waals surface area contributed by atoms with Gasteiger partial charge < -0.3 is 14.8 Å². The summed E-state index contributed by atoms with van der Waals surface area (Å²) in [5.74, 6) is -1.95. The van der Waals surface area contributed by atoms with Gasteiger partial charge in [0.2, 0.25) is 0 Å². The molecule has 0 atom stereocenters. The summed E-state index contributed by atoms with van der Waals surface area (Å²) in [4.78, 5) is 9.61. The largest absolute Gasteiger partial charge is 0.382 e.